The lowest BCUT2D eigenvalue weighted by molar-refractivity contribution is 0.0989. The molecule has 0 bridgehead atoms. The molecule has 1 aliphatic rings. The van der Waals surface area contributed by atoms with Crippen molar-refractivity contribution < 1.29 is 4.79 Å². The van der Waals surface area contributed by atoms with Gasteiger partial charge in [-0.05, 0) is 31.0 Å². The van der Waals surface area contributed by atoms with Gasteiger partial charge in [0.05, 0.1) is 11.8 Å². The minimum absolute atomic E-state index is 0.0226. The number of nitrogen functional groups attached to an aromatic ring is 1. The van der Waals surface area contributed by atoms with E-state index < -0.39 is 0 Å². The Labute approximate surface area is 105 Å². The zero-order valence-electron chi connectivity index (χ0n) is 10.1. The number of anilines is 2. The van der Waals surface area contributed by atoms with E-state index in [1.165, 1.54) is 5.56 Å². The van der Waals surface area contributed by atoms with Crippen LogP contribution in [0.5, 0.6) is 0 Å². The summed E-state index contributed by atoms with van der Waals surface area (Å²) in [6.45, 7) is 2.54. The van der Waals surface area contributed by atoms with E-state index in [1.54, 1.807) is 11.1 Å². The summed E-state index contributed by atoms with van der Waals surface area (Å²) in [5.74, 6) is -0.0226. The molecule has 0 fully saturated rings. The Morgan fingerprint density at radius 1 is 1.50 bits per heavy atom. The Morgan fingerprint density at radius 2 is 2.33 bits per heavy atom. The minimum Gasteiger partial charge on any atom is -0.399 e. The Morgan fingerprint density at radius 3 is 3.06 bits per heavy atom. The van der Waals surface area contributed by atoms with Crippen LogP contribution in [0.1, 0.15) is 21.6 Å². The van der Waals surface area contributed by atoms with Crippen molar-refractivity contribution in [2.24, 2.45) is 0 Å². The van der Waals surface area contributed by atoms with Gasteiger partial charge in [-0.3, -0.25) is 9.89 Å². The van der Waals surface area contributed by atoms with Crippen molar-refractivity contribution in [2.75, 3.05) is 17.2 Å². The Bertz CT molecular complexity index is 617. The zero-order valence-corrected chi connectivity index (χ0v) is 10.1. The number of hydrogen-bond donors (Lipinski definition) is 2. The van der Waals surface area contributed by atoms with Crippen molar-refractivity contribution in [3.8, 4) is 0 Å². The molecule has 92 valence electrons. The third-order valence-corrected chi connectivity index (χ3v) is 3.31. The predicted octanol–water partition coefficient (Wildman–Crippen LogP) is 1.50. The summed E-state index contributed by atoms with van der Waals surface area (Å²) < 4.78 is 0. The monoisotopic (exact) mass is 242 g/mol. The second kappa shape index (κ2) is 3.87. The van der Waals surface area contributed by atoms with Crippen LogP contribution in [0.15, 0.2) is 24.4 Å². The lowest BCUT2D eigenvalue weighted by Gasteiger charge is -2.17. The maximum Gasteiger partial charge on any atom is 0.261 e. The predicted molar refractivity (Wildman–Crippen MR) is 69.6 cm³/mol. The highest BCUT2D eigenvalue weighted by Crippen LogP contribution is 2.31. The van der Waals surface area contributed by atoms with E-state index in [0.29, 0.717) is 17.8 Å². The molecular formula is C13H14N4O. The summed E-state index contributed by atoms with van der Waals surface area (Å²) in [5, 5.41) is 6.68. The summed E-state index contributed by atoms with van der Waals surface area (Å²) in [7, 11) is 0. The molecule has 1 aliphatic heterocycles. The second-order valence-electron chi connectivity index (χ2n) is 4.50. The van der Waals surface area contributed by atoms with Crippen LogP contribution < -0.4 is 10.6 Å². The van der Waals surface area contributed by atoms with Gasteiger partial charge in [0.25, 0.3) is 5.91 Å². The molecule has 1 aromatic heterocycles. The molecule has 2 heterocycles. The SMILES string of the molecule is Cc1[nH]ncc1C(=O)N1CCc2ccc(N)cc21. The Kier molecular flexibility index (Phi) is 2.33. The van der Waals surface area contributed by atoms with Crippen LogP contribution in [-0.2, 0) is 6.42 Å². The summed E-state index contributed by atoms with van der Waals surface area (Å²) in [5.41, 5.74) is 9.95. The van der Waals surface area contributed by atoms with E-state index >= 15 is 0 Å². The smallest absolute Gasteiger partial charge is 0.261 e. The molecule has 0 unspecified atom stereocenters. The summed E-state index contributed by atoms with van der Waals surface area (Å²) >= 11 is 0. The zero-order chi connectivity index (χ0) is 12.7. The molecule has 3 N–H and O–H groups in total. The van der Waals surface area contributed by atoms with Crippen LogP contribution in [0.3, 0.4) is 0 Å². The normalized spacial score (nSPS) is 13.7. The topological polar surface area (TPSA) is 75.0 Å². The van der Waals surface area contributed by atoms with Gasteiger partial charge in [0.1, 0.15) is 0 Å². The van der Waals surface area contributed by atoms with Gasteiger partial charge >= 0.3 is 0 Å². The van der Waals surface area contributed by atoms with E-state index in [4.69, 9.17) is 5.73 Å². The minimum atomic E-state index is -0.0226. The van der Waals surface area contributed by atoms with E-state index in [9.17, 15) is 4.79 Å². The van der Waals surface area contributed by atoms with Crippen molar-refractivity contribution in [2.45, 2.75) is 13.3 Å². The van der Waals surface area contributed by atoms with Crippen molar-refractivity contribution in [3.05, 3.63) is 41.2 Å². The number of benzene rings is 1. The molecule has 0 saturated carbocycles. The highest BCUT2D eigenvalue weighted by molar-refractivity contribution is 6.08. The molecule has 0 atom stereocenters. The largest absolute Gasteiger partial charge is 0.399 e. The van der Waals surface area contributed by atoms with Crippen molar-refractivity contribution in [1.29, 1.82) is 0 Å². The van der Waals surface area contributed by atoms with Crippen LogP contribution in [-0.4, -0.2) is 22.6 Å². The van der Waals surface area contributed by atoms with Crippen molar-refractivity contribution >= 4 is 17.3 Å². The van der Waals surface area contributed by atoms with Crippen LogP contribution >= 0.6 is 0 Å². The number of carbonyl (C=O) groups is 1. The number of aromatic amines is 1. The third-order valence-electron chi connectivity index (χ3n) is 3.31. The molecule has 0 spiro atoms. The van der Waals surface area contributed by atoms with Crippen LogP contribution in [0.4, 0.5) is 11.4 Å². The van der Waals surface area contributed by atoms with E-state index in [2.05, 4.69) is 10.2 Å². The summed E-state index contributed by atoms with van der Waals surface area (Å²) in [6, 6.07) is 5.71. The fourth-order valence-corrected chi connectivity index (χ4v) is 2.32. The highest BCUT2D eigenvalue weighted by atomic mass is 16.2. The summed E-state index contributed by atoms with van der Waals surface area (Å²) in [6.07, 6.45) is 2.44. The average Bonchev–Trinajstić information content (AvgIpc) is 2.94. The second-order valence-corrected chi connectivity index (χ2v) is 4.50. The lowest BCUT2D eigenvalue weighted by atomic mass is 10.1. The number of aromatic nitrogens is 2. The van der Waals surface area contributed by atoms with Gasteiger partial charge in [-0.2, -0.15) is 5.10 Å². The van der Waals surface area contributed by atoms with Crippen LogP contribution in [0.2, 0.25) is 0 Å². The van der Waals surface area contributed by atoms with Crippen molar-refractivity contribution in [1.82, 2.24) is 10.2 Å². The quantitative estimate of drug-likeness (QED) is 0.744. The Hall–Kier alpha value is -2.30. The molecule has 1 aromatic carbocycles. The molecule has 5 nitrogen and oxygen atoms in total. The first kappa shape index (κ1) is 10.8. The first-order valence-corrected chi connectivity index (χ1v) is 5.87. The number of nitrogens with two attached hydrogens (primary N) is 1. The number of amides is 1. The average molecular weight is 242 g/mol. The number of hydrogen-bond acceptors (Lipinski definition) is 3. The molecule has 0 aliphatic carbocycles. The van der Waals surface area contributed by atoms with Gasteiger partial charge in [-0.1, -0.05) is 6.07 Å². The third kappa shape index (κ3) is 1.55. The number of fused-ring (bicyclic) bond motifs is 1. The maximum absolute atomic E-state index is 12.4. The first-order chi connectivity index (χ1) is 8.66. The number of H-pyrrole nitrogens is 1. The molecule has 3 rings (SSSR count). The Balaban J connectivity index is 2.00. The lowest BCUT2D eigenvalue weighted by Crippen LogP contribution is -2.29. The molecule has 5 heteroatoms. The van der Waals surface area contributed by atoms with Gasteiger partial charge in [0.15, 0.2) is 0 Å². The van der Waals surface area contributed by atoms with Gasteiger partial charge in [0, 0.05) is 23.6 Å². The summed E-state index contributed by atoms with van der Waals surface area (Å²) in [4.78, 5) is 14.2. The number of rotatable bonds is 1. The molecule has 1 amide bonds. The molecule has 0 saturated heterocycles. The number of nitrogens with zero attached hydrogens (tertiary/aromatic N) is 2. The number of nitrogens with one attached hydrogen (secondary N) is 1. The standard InChI is InChI=1S/C13H14N4O/c1-8-11(7-15-16-8)13(18)17-5-4-9-2-3-10(14)6-12(9)17/h2-3,6-7H,4-5,14H2,1H3,(H,15,16). The highest BCUT2D eigenvalue weighted by Gasteiger charge is 2.27. The molecule has 18 heavy (non-hydrogen) atoms. The van der Waals surface area contributed by atoms with Crippen LogP contribution in [0.25, 0.3) is 0 Å². The van der Waals surface area contributed by atoms with Crippen molar-refractivity contribution in [3.63, 3.8) is 0 Å². The molecule has 2 aromatic rings. The van der Waals surface area contributed by atoms with E-state index in [0.717, 1.165) is 17.8 Å². The van der Waals surface area contributed by atoms with Gasteiger partial charge < -0.3 is 10.6 Å². The maximum atomic E-state index is 12.4. The first-order valence-electron chi connectivity index (χ1n) is 5.87. The molecule has 0 radical (unpaired) electrons. The van der Waals surface area contributed by atoms with E-state index in [1.807, 2.05) is 25.1 Å². The van der Waals surface area contributed by atoms with Crippen LogP contribution in [0, 0.1) is 6.92 Å². The fraction of sp³-hybridized carbons (Fsp3) is 0.231. The van der Waals surface area contributed by atoms with E-state index in [-0.39, 0.29) is 5.91 Å². The van der Waals surface area contributed by atoms with Gasteiger partial charge in [0.2, 0.25) is 0 Å². The van der Waals surface area contributed by atoms with Gasteiger partial charge in [-0.25, -0.2) is 0 Å². The fourth-order valence-electron chi connectivity index (χ4n) is 2.32. The number of aryl methyl sites for hydroxylation is 1. The molecular weight excluding hydrogens is 228 g/mol. The number of carbonyl (C=O) groups excluding carboxylic acids is 1. The van der Waals surface area contributed by atoms with Gasteiger partial charge in [-0.15, -0.1) is 0 Å².